The van der Waals surface area contributed by atoms with Gasteiger partial charge in [0.1, 0.15) is 5.78 Å². The minimum absolute atomic E-state index is 0.0231. The average Bonchev–Trinajstić information content (AvgIpc) is 2.93. The van der Waals surface area contributed by atoms with Gasteiger partial charge in [-0.2, -0.15) is 0 Å². The molecule has 0 aromatic carbocycles. The van der Waals surface area contributed by atoms with Crippen molar-refractivity contribution in [2.24, 2.45) is 45.3 Å². The molecule has 0 heterocycles. The summed E-state index contributed by atoms with van der Waals surface area (Å²) in [5, 5.41) is 42.8. The molecule has 5 heteroatoms. The van der Waals surface area contributed by atoms with Crippen LogP contribution in [0.25, 0.3) is 0 Å². The Morgan fingerprint density at radius 1 is 1.06 bits per heavy atom. The summed E-state index contributed by atoms with van der Waals surface area (Å²) in [7, 11) is 0. The molecule has 0 amide bonds. The fourth-order valence-corrected chi connectivity index (χ4v) is 9.50. The summed E-state index contributed by atoms with van der Waals surface area (Å²) in [6, 6.07) is 0. The van der Waals surface area contributed by atoms with Crippen LogP contribution in [-0.4, -0.2) is 50.1 Å². The van der Waals surface area contributed by atoms with Crippen LogP contribution < -0.4 is 0 Å². The summed E-state index contributed by atoms with van der Waals surface area (Å²) in [4.78, 5) is 14.2. The fourth-order valence-electron chi connectivity index (χ4n) is 9.50. The summed E-state index contributed by atoms with van der Waals surface area (Å²) in [5.74, 6) is 0.751. The van der Waals surface area contributed by atoms with Gasteiger partial charge in [-0.1, -0.05) is 53.2 Å². The van der Waals surface area contributed by atoms with E-state index in [0.29, 0.717) is 31.5 Å². The number of carbonyl (C=O) groups excluding carboxylic acids is 1. The first-order valence-electron chi connectivity index (χ1n) is 13.9. The normalized spacial score (nSPS) is 46.8. The first-order chi connectivity index (χ1) is 15.9. The maximum atomic E-state index is 14.2. The molecule has 10 atom stereocenters. The zero-order chi connectivity index (χ0) is 26.4. The van der Waals surface area contributed by atoms with Gasteiger partial charge in [-0.05, 0) is 86.9 Å². The number of Topliss-reactive ketones (excluding diaryl/α,β-unsaturated/α-hetero) is 1. The third kappa shape index (κ3) is 3.73. The standard InChI is InChI=1S/C30H50O5/c1-17(9-13-23(33)27(4,5)35)25-20(31)15-28(6)21-12-10-18-19(11-14-22(32)26(18,2)3)30(21,8)24(34)16-29(25,28)7/h10,17,19-23,25,31-33,35H,9,11-16H2,1-8H3/t17-,19-,20+,21+,22+,23-,25+,28+,29-,30+/m1/s1. The van der Waals surface area contributed by atoms with Gasteiger partial charge in [-0.25, -0.2) is 0 Å². The van der Waals surface area contributed by atoms with Crippen LogP contribution in [-0.2, 0) is 4.79 Å². The number of hydrogen-bond donors (Lipinski definition) is 4. The van der Waals surface area contributed by atoms with Gasteiger partial charge >= 0.3 is 0 Å². The number of allylic oxidation sites excluding steroid dienone is 1. The van der Waals surface area contributed by atoms with E-state index in [0.717, 1.165) is 19.3 Å². The van der Waals surface area contributed by atoms with E-state index in [2.05, 4.69) is 47.6 Å². The number of aliphatic hydroxyl groups excluding tert-OH is 3. The molecular weight excluding hydrogens is 440 g/mol. The van der Waals surface area contributed by atoms with Crippen molar-refractivity contribution in [2.45, 2.75) is 124 Å². The summed E-state index contributed by atoms with van der Waals surface area (Å²) in [5.41, 5.74) is -1.16. The van der Waals surface area contributed by atoms with E-state index in [-0.39, 0.29) is 46.0 Å². The van der Waals surface area contributed by atoms with Crippen molar-refractivity contribution >= 4 is 5.78 Å². The lowest BCUT2D eigenvalue weighted by molar-refractivity contribution is -0.172. The van der Waals surface area contributed by atoms with Crippen molar-refractivity contribution in [3.05, 3.63) is 11.6 Å². The van der Waals surface area contributed by atoms with E-state index in [1.54, 1.807) is 13.8 Å². The molecule has 200 valence electrons. The molecule has 0 saturated heterocycles. The van der Waals surface area contributed by atoms with Gasteiger partial charge in [0.25, 0.3) is 0 Å². The zero-order valence-electron chi connectivity index (χ0n) is 23.3. The number of rotatable bonds is 5. The molecule has 3 saturated carbocycles. The maximum Gasteiger partial charge on any atom is 0.140 e. The average molecular weight is 491 g/mol. The Morgan fingerprint density at radius 3 is 2.29 bits per heavy atom. The number of aliphatic hydroxyl groups is 4. The van der Waals surface area contributed by atoms with Crippen molar-refractivity contribution in [3.63, 3.8) is 0 Å². The first kappa shape index (κ1) is 27.3. The molecule has 4 aliphatic carbocycles. The van der Waals surface area contributed by atoms with Gasteiger partial charge in [0, 0.05) is 17.3 Å². The SMILES string of the molecule is C[C@H](CC[C@@H](O)C(C)(C)O)[C@H]1[C@@H](O)C[C@@]2(C)[C@@H]3CC=C4[C@@H](CC[C@H](O)C4(C)C)[C@]3(C)C(=O)C[C@]12C. The maximum absolute atomic E-state index is 14.2. The second kappa shape index (κ2) is 8.38. The van der Waals surface area contributed by atoms with Crippen molar-refractivity contribution in [3.8, 4) is 0 Å². The van der Waals surface area contributed by atoms with Gasteiger partial charge in [-0.15, -0.1) is 0 Å². The first-order valence-corrected chi connectivity index (χ1v) is 13.9. The van der Waals surface area contributed by atoms with E-state index in [9.17, 15) is 25.2 Å². The monoisotopic (exact) mass is 490 g/mol. The lowest BCUT2D eigenvalue weighted by Crippen LogP contribution is -2.63. The van der Waals surface area contributed by atoms with Crippen LogP contribution in [0.1, 0.15) is 100 Å². The summed E-state index contributed by atoms with van der Waals surface area (Å²) < 4.78 is 0. The van der Waals surface area contributed by atoms with Crippen LogP contribution in [0.4, 0.5) is 0 Å². The Bertz CT molecular complexity index is 886. The molecule has 4 N–H and O–H groups in total. The second-order valence-electron chi connectivity index (χ2n) is 14.6. The molecule has 4 rings (SSSR count). The van der Waals surface area contributed by atoms with Crippen molar-refractivity contribution in [1.29, 1.82) is 0 Å². The van der Waals surface area contributed by atoms with Gasteiger partial charge in [0.15, 0.2) is 0 Å². The number of hydrogen-bond acceptors (Lipinski definition) is 5. The van der Waals surface area contributed by atoms with E-state index in [4.69, 9.17) is 0 Å². The van der Waals surface area contributed by atoms with Crippen molar-refractivity contribution < 1.29 is 25.2 Å². The van der Waals surface area contributed by atoms with E-state index in [1.807, 2.05) is 0 Å². The predicted octanol–water partition coefficient (Wildman–Crippen LogP) is 4.65. The highest BCUT2D eigenvalue weighted by Crippen LogP contribution is 2.74. The predicted molar refractivity (Wildman–Crippen MR) is 137 cm³/mol. The van der Waals surface area contributed by atoms with Crippen LogP contribution in [0.5, 0.6) is 0 Å². The Labute approximate surface area is 212 Å². The summed E-state index contributed by atoms with van der Waals surface area (Å²) >= 11 is 0. The molecule has 4 aliphatic rings. The zero-order valence-corrected chi connectivity index (χ0v) is 23.3. The Hall–Kier alpha value is -0.750. The minimum atomic E-state index is -1.15. The Morgan fingerprint density at radius 2 is 1.69 bits per heavy atom. The quantitative estimate of drug-likeness (QED) is 0.421. The third-order valence-electron chi connectivity index (χ3n) is 12.0. The van der Waals surface area contributed by atoms with Gasteiger partial charge in [0.05, 0.1) is 23.9 Å². The highest BCUT2D eigenvalue weighted by atomic mass is 16.3. The summed E-state index contributed by atoms with van der Waals surface area (Å²) in [6.07, 6.45) is 5.41. The van der Waals surface area contributed by atoms with Crippen LogP contribution in [0, 0.1) is 45.3 Å². The third-order valence-corrected chi connectivity index (χ3v) is 12.0. The molecule has 0 aromatic rings. The van der Waals surface area contributed by atoms with Crippen molar-refractivity contribution in [1.82, 2.24) is 0 Å². The van der Waals surface area contributed by atoms with Crippen molar-refractivity contribution in [2.75, 3.05) is 0 Å². The van der Waals surface area contributed by atoms with E-state index < -0.39 is 23.2 Å². The van der Waals surface area contributed by atoms with E-state index in [1.165, 1.54) is 5.57 Å². The topological polar surface area (TPSA) is 98.0 Å². The van der Waals surface area contributed by atoms with Crippen LogP contribution in [0.3, 0.4) is 0 Å². The number of ketones is 1. The van der Waals surface area contributed by atoms with Gasteiger partial charge < -0.3 is 20.4 Å². The van der Waals surface area contributed by atoms with Crippen LogP contribution in [0.2, 0.25) is 0 Å². The van der Waals surface area contributed by atoms with Crippen LogP contribution in [0.15, 0.2) is 11.6 Å². The smallest absolute Gasteiger partial charge is 0.140 e. The lowest BCUT2D eigenvalue weighted by atomic mass is 9.38. The highest BCUT2D eigenvalue weighted by Gasteiger charge is 2.72. The Kier molecular flexibility index (Phi) is 6.53. The molecule has 0 radical (unpaired) electrons. The molecular formula is C30H50O5. The van der Waals surface area contributed by atoms with Gasteiger partial charge in [-0.3, -0.25) is 4.79 Å². The molecule has 3 fully saturated rings. The molecule has 0 spiro atoms. The molecule has 0 aromatic heterocycles. The molecule has 5 nitrogen and oxygen atoms in total. The number of carbonyl (C=O) groups is 1. The van der Waals surface area contributed by atoms with E-state index >= 15 is 0 Å². The molecule has 0 aliphatic heterocycles. The van der Waals surface area contributed by atoms with Crippen LogP contribution >= 0.6 is 0 Å². The number of fused-ring (bicyclic) bond motifs is 5. The molecule has 0 unspecified atom stereocenters. The fraction of sp³-hybridized carbons (Fsp3) is 0.900. The highest BCUT2D eigenvalue weighted by molar-refractivity contribution is 5.88. The van der Waals surface area contributed by atoms with Gasteiger partial charge in [0.2, 0.25) is 0 Å². The Balaban J connectivity index is 1.68. The minimum Gasteiger partial charge on any atom is -0.393 e. The summed E-state index contributed by atoms with van der Waals surface area (Å²) in [6.45, 7) is 16.4. The molecule has 35 heavy (non-hydrogen) atoms. The largest absolute Gasteiger partial charge is 0.393 e. The second-order valence-corrected chi connectivity index (χ2v) is 14.6. The lowest BCUT2D eigenvalue weighted by Gasteiger charge is -2.64. The molecule has 0 bridgehead atoms.